The van der Waals surface area contributed by atoms with Crippen LogP contribution < -0.4 is 5.32 Å². The molecule has 0 amide bonds. The van der Waals surface area contributed by atoms with Crippen LogP contribution in [0, 0.1) is 0 Å². The lowest BCUT2D eigenvalue weighted by Crippen LogP contribution is -2.42. The van der Waals surface area contributed by atoms with Crippen LogP contribution in [0.5, 0.6) is 11.5 Å². The molecule has 0 saturated heterocycles. The number of nitrogens with one attached hydrogen (secondary N) is 1. The van der Waals surface area contributed by atoms with Crippen molar-refractivity contribution in [3.05, 3.63) is 57.1 Å². The predicted octanol–water partition coefficient (Wildman–Crippen LogP) is 4.31. The van der Waals surface area contributed by atoms with Crippen LogP contribution in [-0.2, 0) is 19.3 Å². The second-order valence-corrected chi connectivity index (χ2v) is 7.85. The summed E-state index contributed by atoms with van der Waals surface area (Å²) < 4.78 is 0. The molecule has 2 aromatic carbocycles. The highest BCUT2D eigenvalue weighted by Gasteiger charge is 2.20. The van der Waals surface area contributed by atoms with Crippen LogP contribution in [0.1, 0.15) is 23.1 Å². The number of hydrogen-bond acceptors (Lipinski definition) is 3. The van der Waals surface area contributed by atoms with Gasteiger partial charge < -0.3 is 20.4 Å². The maximum absolute atomic E-state index is 9.84. The normalized spacial score (nSPS) is 14.2. The fourth-order valence-corrected chi connectivity index (χ4v) is 4.03. The zero-order valence-corrected chi connectivity index (χ0v) is 17.2. The van der Waals surface area contributed by atoms with Gasteiger partial charge in [-0.2, -0.15) is 0 Å². The number of aromatic hydroxyl groups is 2. The average molecular weight is 425 g/mol. The van der Waals surface area contributed by atoms with Crippen LogP contribution in [-0.4, -0.2) is 39.9 Å². The van der Waals surface area contributed by atoms with Crippen LogP contribution in [0.25, 0.3) is 0 Å². The van der Waals surface area contributed by atoms with E-state index in [0.717, 1.165) is 60.2 Å². The van der Waals surface area contributed by atoms with E-state index in [1.165, 1.54) is 5.56 Å². The van der Waals surface area contributed by atoms with Crippen molar-refractivity contribution in [2.24, 2.45) is 0 Å². The van der Waals surface area contributed by atoms with Gasteiger partial charge in [0, 0.05) is 24.7 Å². The first kappa shape index (κ1) is 20.1. The summed E-state index contributed by atoms with van der Waals surface area (Å²) in [6.07, 6.45) is 3.19. The minimum Gasteiger partial charge on any atom is -0.504 e. The Morgan fingerprint density at radius 3 is 2.59 bits per heavy atom. The molecular weight excluding hydrogens is 403 g/mol. The van der Waals surface area contributed by atoms with Crippen LogP contribution in [0.15, 0.2) is 30.3 Å². The molecule has 0 unspecified atom stereocenters. The van der Waals surface area contributed by atoms with Crippen molar-refractivity contribution in [1.29, 1.82) is 0 Å². The molecule has 1 heterocycles. The predicted molar refractivity (Wildman–Crippen MR) is 114 cm³/mol. The largest absolute Gasteiger partial charge is 0.504 e. The van der Waals surface area contributed by atoms with E-state index >= 15 is 0 Å². The molecule has 0 aliphatic carbocycles. The third-order valence-corrected chi connectivity index (χ3v) is 5.87. The van der Waals surface area contributed by atoms with Gasteiger partial charge in [-0.25, -0.2) is 0 Å². The standard InChI is InChI=1S/C20H22Cl2N2O2S/c21-15-5-3-13(4-6-15)7-9-23-20(27)24-10-1-2-16-14(8-11-24)12-17(25)19(26)18(16)22/h3-6,12,25-26H,1-2,7-11H2,(H,23,27). The molecule has 144 valence electrons. The van der Waals surface area contributed by atoms with Gasteiger partial charge in [0.2, 0.25) is 0 Å². The van der Waals surface area contributed by atoms with Crippen LogP contribution in [0.3, 0.4) is 0 Å². The van der Waals surface area contributed by atoms with Gasteiger partial charge in [-0.15, -0.1) is 0 Å². The maximum Gasteiger partial charge on any atom is 0.176 e. The zero-order valence-electron chi connectivity index (χ0n) is 14.8. The number of phenolic OH excluding ortho intramolecular Hbond substituents is 2. The summed E-state index contributed by atoms with van der Waals surface area (Å²) in [5, 5.41) is 24.8. The second kappa shape index (κ2) is 9.00. The molecule has 1 aliphatic heterocycles. The fourth-order valence-electron chi connectivity index (χ4n) is 3.30. The average Bonchev–Trinajstić information content (AvgIpc) is 2.63. The molecule has 1 aliphatic rings. The lowest BCUT2D eigenvalue weighted by Gasteiger charge is -2.29. The van der Waals surface area contributed by atoms with Crippen molar-refractivity contribution in [3.8, 4) is 11.5 Å². The Bertz CT molecular complexity index is 828. The number of benzene rings is 2. The summed E-state index contributed by atoms with van der Waals surface area (Å²) in [4.78, 5) is 2.15. The van der Waals surface area contributed by atoms with Gasteiger partial charge in [-0.3, -0.25) is 0 Å². The highest BCUT2D eigenvalue weighted by atomic mass is 35.5. The molecule has 0 atom stereocenters. The SMILES string of the molecule is Oc1cc2c(c(Cl)c1O)CCCN(C(=S)NCCc1ccc(Cl)cc1)CC2. The van der Waals surface area contributed by atoms with E-state index in [-0.39, 0.29) is 16.5 Å². The van der Waals surface area contributed by atoms with Crippen molar-refractivity contribution >= 4 is 40.5 Å². The van der Waals surface area contributed by atoms with E-state index in [9.17, 15) is 10.2 Å². The molecule has 3 N–H and O–H groups in total. The molecule has 0 spiro atoms. The lowest BCUT2D eigenvalue weighted by atomic mass is 9.97. The summed E-state index contributed by atoms with van der Waals surface area (Å²) in [5.74, 6) is -0.401. The van der Waals surface area contributed by atoms with Gasteiger partial charge in [0.25, 0.3) is 0 Å². The monoisotopic (exact) mass is 424 g/mol. The molecular formula is C20H22Cl2N2O2S. The molecule has 7 heteroatoms. The van der Waals surface area contributed by atoms with Crippen LogP contribution in [0.4, 0.5) is 0 Å². The van der Waals surface area contributed by atoms with Gasteiger partial charge in [0.15, 0.2) is 16.6 Å². The number of hydrogen-bond donors (Lipinski definition) is 3. The smallest absolute Gasteiger partial charge is 0.176 e. The summed E-state index contributed by atoms with van der Waals surface area (Å²) in [5.41, 5.74) is 3.10. The first-order valence-electron chi connectivity index (χ1n) is 8.95. The molecule has 0 saturated carbocycles. The van der Waals surface area contributed by atoms with Gasteiger partial charge in [0.05, 0.1) is 5.02 Å². The highest BCUT2D eigenvalue weighted by Crippen LogP contribution is 2.39. The third-order valence-electron chi connectivity index (χ3n) is 4.81. The Kier molecular flexibility index (Phi) is 6.68. The van der Waals surface area contributed by atoms with Crippen LogP contribution >= 0.6 is 35.4 Å². The van der Waals surface area contributed by atoms with Gasteiger partial charge in [0.1, 0.15) is 0 Å². The number of fused-ring (bicyclic) bond motifs is 1. The van der Waals surface area contributed by atoms with E-state index in [2.05, 4.69) is 10.2 Å². The van der Waals surface area contributed by atoms with E-state index in [1.807, 2.05) is 24.3 Å². The second-order valence-electron chi connectivity index (χ2n) is 6.64. The fraction of sp³-hybridized carbons (Fsp3) is 0.350. The third kappa shape index (κ3) is 4.98. The van der Waals surface area contributed by atoms with Crippen LogP contribution in [0.2, 0.25) is 10.0 Å². The lowest BCUT2D eigenvalue weighted by molar-refractivity contribution is 0.389. The molecule has 0 aromatic heterocycles. The van der Waals surface area contributed by atoms with E-state index in [0.29, 0.717) is 6.42 Å². The molecule has 27 heavy (non-hydrogen) atoms. The van der Waals surface area contributed by atoms with Gasteiger partial charge in [-0.05, 0) is 72.8 Å². The minimum absolute atomic E-state index is 0.172. The first-order valence-corrected chi connectivity index (χ1v) is 10.1. The maximum atomic E-state index is 9.84. The first-order chi connectivity index (χ1) is 13.0. The van der Waals surface area contributed by atoms with Crippen molar-refractivity contribution in [2.45, 2.75) is 25.7 Å². The summed E-state index contributed by atoms with van der Waals surface area (Å²) in [6, 6.07) is 9.43. The number of phenols is 2. The number of rotatable bonds is 3. The number of thiocarbonyl (C=S) groups is 1. The molecule has 2 aromatic rings. The Morgan fingerprint density at radius 1 is 1.11 bits per heavy atom. The zero-order chi connectivity index (χ0) is 19.4. The topological polar surface area (TPSA) is 55.7 Å². The molecule has 0 radical (unpaired) electrons. The minimum atomic E-state index is -0.229. The quantitative estimate of drug-likeness (QED) is 0.506. The van der Waals surface area contributed by atoms with Crippen molar-refractivity contribution < 1.29 is 10.2 Å². The van der Waals surface area contributed by atoms with Crippen molar-refractivity contribution in [1.82, 2.24) is 10.2 Å². The van der Waals surface area contributed by atoms with E-state index < -0.39 is 0 Å². The Balaban J connectivity index is 1.57. The van der Waals surface area contributed by atoms with E-state index in [4.69, 9.17) is 35.4 Å². The summed E-state index contributed by atoms with van der Waals surface area (Å²) in [6.45, 7) is 2.32. The molecule has 3 rings (SSSR count). The Hall–Kier alpha value is -1.69. The Morgan fingerprint density at radius 2 is 1.85 bits per heavy atom. The number of nitrogens with zero attached hydrogens (tertiary/aromatic N) is 1. The van der Waals surface area contributed by atoms with Gasteiger partial charge >= 0.3 is 0 Å². The molecule has 0 fully saturated rings. The van der Waals surface area contributed by atoms with Gasteiger partial charge in [-0.1, -0.05) is 35.3 Å². The summed E-state index contributed by atoms with van der Waals surface area (Å²) >= 11 is 17.7. The molecule has 4 nitrogen and oxygen atoms in total. The van der Waals surface area contributed by atoms with Crippen molar-refractivity contribution in [3.63, 3.8) is 0 Å². The van der Waals surface area contributed by atoms with Crippen molar-refractivity contribution in [2.75, 3.05) is 19.6 Å². The van der Waals surface area contributed by atoms with E-state index in [1.54, 1.807) is 6.07 Å². The Labute approximate surface area is 174 Å². The molecule has 0 bridgehead atoms. The highest BCUT2D eigenvalue weighted by molar-refractivity contribution is 7.80. The number of halogens is 2. The summed E-state index contributed by atoms with van der Waals surface area (Å²) in [7, 11) is 0.